The van der Waals surface area contributed by atoms with Gasteiger partial charge in [-0.05, 0) is 45.0 Å². The summed E-state index contributed by atoms with van der Waals surface area (Å²) in [6, 6.07) is 9.42. The highest BCUT2D eigenvalue weighted by molar-refractivity contribution is 5.80. The van der Waals surface area contributed by atoms with E-state index in [0.29, 0.717) is 5.75 Å². The van der Waals surface area contributed by atoms with Gasteiger partial charge < -0.3 is 10.1 Å². The van der Waals surface area contributed by atoms with Crippen LogP contribution in [-0.4, -0.2) is 23.0 Å². The third-order valence-corrected chi connectivity index (χ3v) is 2.46. The molecule has 0 aliphatic rings. The van der Waals surface area contributed by atoms with Crippen LogP contribution in [0.4, 0.5) is 0 Å². The van der Waals surface area contributed by atoms with Gasteiger partial charge in [0.15, 0.2) is 6.61 Å². The van der Waals surface area contributed by atoms with Crippen LogP contribution in [0, 0.1) is 0 Å². The van der Waals surface area contributed by atoms with Crippen LogP contribution in [-0.2, 0) is 4.79 Å². The summed E-state index contributed by atoms with van der Waals surface area (Å²) in [5.74, 6) is 0.545. The standard InChI is InChI=1S/C15H18N2O2/c1-15(2,3)17-14(18)10-19-12-6-7-13-11(9-12)5-4-8-16-13/h4-9H,10H2,1-3H3,(H,17,18). The van der Waals surface area contributed by atoms with Crippen LogP contribution in [0.2, 0.25) is 0 Å². The summed E-state index contributed by atoms with van der Waals surface area (Å²) in [5, 5.41) is 3.85. The van der Waals surface area contributed by atoms with Gasteiger partial charge >= 0.3 is 0 Å². The number of nitrogens with zero attached hydrogens (tertiary/aromatic N) is 1. The highest BCUT2D eigenvalue weighted by Crippen LogP contribution is 2.18. The van der Waals surface area contributed by atoms with Crippen molar-refractivity contribution in [1.29, 1.82) is 0 Å². The summed E-state index contributed by atoms with van der Waals surface area (Å²) >= 11 is 0. The molecule has 1 aromatic carbocycles. The number of rotatable bonds is 3. The topological polar surface area (TPSA) is 51.2 Å². The molecule has 0 atom stereocenters. The Kier molecular flexibility index (Phi) is 3.69. The summed E-state index contributed by atoms with van der Waals surface area (Å²) in [4.78, 5) is 15.9. The van der Waals surface area contributed by atoms with Crippen molar-refractivity contribution in [2.24, 2.45) is 0 Å². The number of hydrogen-bond acceptors (Lipinski definition) is 3. The van der Waals surface area contributed by atoms with Crippen molar-refractivity contribution in [3.63, 3.8) is 0 Å². The van der Waals surface area contributed by atoms with Crippen molar-refractivity contribution in [2.45, 2.75) is 26.3 Å². The first-order valence-corrected chi connectivity index (χ1v) is 6.23. The number of hydrogen-bond donors (Lipinski definition) is 1. The Bertz CT molecular complexity index is 588. The second-order valence-electron chi connectivity index (χ2n) is 5.44. The molecule has 4 heteroatoms. The van der Waals surface area contributed by atoms with E-state index in [1.807, 2.05) is 51.1 Å². The molecule has 0 fully saturated rings. The molecule has 2 aromatic rings. The molecule has 0 aliphatic heterocycles. The van der Waals surface area contributed by atoms with Gasteiger partial charge in [-0.1, -0.05) is 6.07 Å². The van der Waals surface area contributed by atoms with Gasteiger partial charge in [-0.25, -0.2) is 0 Å². The molecule has 1 N–H and O–H groups in total. The van der Waals surface area contributed by atoms with Gasteiger partial charge in [0.25, 0.3) is 5.91 Å². The molecule has 0 saturated heterocycles. The van der Waals surface area contributed by atoms with Crippen molar-refractivity contribution in [3.8, 4) is 5.75 Å². The van der Waals surface area contributed by atoms with Gasteiger partial charge in [0, 0.05) is 17.1 Å². The van der Waals surface area contributed by atoms with E-state index in [1.165, 1.54) is 0 Å². The van der Waals surface area contributed by atoms with Crippen molar-refractivity contribution in [2.75, 3.05) is 6.61 Å². The summed E-state index contributed by atoms with van der Waals surface area (Å²) in [6.07, 6.45) is 1.75. The summed E-state index contributed by atoms with van der Waals surface area (Å²) < 4.78 is 5.48. The lowest BCUT2D eigenvalue weighted by Gasteiger charge is -2.20. The largest absolute Gasteiger partial charge is 0.484 e. The zero-order chi connectivity index (χ0) is 13.9. The highest BCUT2D eigenvalue weighted by atomic mass is 16.5. The van der Waals surface area contributed by atoms with Crippen molar-refractivity contribution in [3.05, 3.63) is 36.5 Å². The van der Waals surface area contributed by atoms with Crippen LogP contribution in [0.1, 0.15) is 20.8 Å². The molecule has 1 amide bonds. The molecule has 1 heterocycles. The predicted octanol–water partition coefficient (Wildman–Crippen LogP) is 2.53. The first-order valence-electron chi connectivity index (χ1n) is 6.23. The van der Waals surface area contributed by atoms with E-state index in [1.54, 1.807) is 6.20 Å². The number of benzene rings is 1. The third kappa shape index (κ3) is 3.95. The summed E-state index contributed by atoms with van der Waals surface area (Å²) in [5.41, 5.74) is 0.669. The number of nitrogens with one attached hydrogen (secondary N) is 1. The van der Waals surface area contributed by atoms with E-state index in [-0.39, 0.29) is 18.1 Å². The Labute approximate surface area is 112 Å². The Morgan fingerprint density at radius 2 is 2.11 bits per heavy atom. The lowest BCUT2D eigenvalue weighted by Crippen LogP contribution is -2.43. The lowest BCUT2D eigenvalue weighted by atomic mass is 10.1. The van der Waals surface area contributed by atoms with Gasteiger partial charge in [0.05, 0.1) is 5.52 Å². The number of ether oxygens (including phenoxy) is 1. The van der Waals surface area contributed by atoms with Crippen LogP contribution in [0.3, 0.4) is 0 Å². The molecule has 1 aromatic heterocycles. The molecule has 0 unspecified atom stereocenters. The minimum absolute atomic E-state index is 0.0169. The summed E-state index contributed by atoms with van der Waals surface area (Å²) in [6.45, 7) is 5.83. The quantitative estimate of drug-likeness (QED) is 0.920. The first-order chi connectivity index (χ1) is 8.94. The molecule has 0 spiro atoms. The average molecular weight is 258 g/mol. The van der Waals surface area contributed by atoms with E-state index >= 15 is 0 Å². The number of carbonyl (C=O) groups is 1. The molecule has 2 rings (SSSR count). The van der Waals surface area contributed by atoms with Gasteiger partial charge in [0.2, 0.25) is 0 Å². The number of pyridine rings is 1. The van der Waals surface area contributed by atoms with E-state index in [4.69, 9.17) is 4.74 Å². The van der Waals surface area contributed by atoms with E-state index in [2.05, 4.69) is 10.3 Å². The Balaban J connectivity index is 2.00. The fourth-order valence-corrected chi connectivity index (χ4v) is 1.75. The second-order valence-corrected chi connectivity index (χ2v) is 5.44. The number of carbonyl (C=O) groups excluding carboxylic acids is 1. The fourth-order valence-electron chi connectivity index (χ4n) is 1.75. The third-order valence-electron chi connectivity index (χ3n) is 2.46. The minimum atomic E-state index is -0.242. The second kappa shape index (κ2) is 5.26. The number of fused-ring (bicyclic) bond motifs is 1. The monoisotopic (exact) mass is 258 g/mol. The van der Waals surface area contributed by atoms with E-state index in [0.717, 1.165) is 10.9 Å². The normalized spacial score (nSPS) is 11.3. The molecular weight excluding hydrogens is 240 g/mol. The van der Waals surface area contributed by atoms with Gasteiger partial charge in [-0.3, -0.25) is 9.78 Å². The highest BCUT2D eigenvalue weighted by Gasteiger charge is 2.13. The van der Waals surface area contributed by atoms with Crippen LogP contribution in [0.5, 0.6) is 5.75 Å². The smallest absolute Gasteiger partial charge is 0.258 e. The minimum Gasteiger partial charge on any atom is -0.484 e. The molecule has 0 saturated carbocycles. The molecule has 0 bridgehead atoms. The van der Waals surface area contributed by atoms with Crippen molar-refractivity contribution < 1.29 is 9.53 Å². The average Bonchev–Trinajstić information content (AvgIpc) is 2.34. The van der Waals surface area contributed by atoms with Crippen molar-refractivity contribution in [1.82, 2.24) is 10.3 Å². The Hall–Kier alpha value is -2.10. The molecule has 0 radical (unpaired) electrons. The molecule has 19 heavy (non-hydrogen) atoms. The van der Waals surface area contributed by atoms with Gasteiger partial charge in [-0.2, -0.15) is 0 Å². The maximum absolute atomic E-state index is 11.6. The van der Waals surface area contributed by atoms with Crippen LogP contribution in [0.15, 0.2) is 36.5 Å². The lowest BCUT2D eigenvalue weighted by molar-refractivity contribution is -0.124. The van der Waals surface area contributed by atoms with Crippen LogP contribution in [0.25, 0.3) is 10.9 Å². The Morgan fingerprint density at radius 1 is 1.32 bits per heavy atom. The zero-order valence-electron chi connectivity index (χ0n) is 11.4. The Morgan fingerprint density at radius 3 is 2.84 bits per heavy atom. The van der Waals surface area contributed by atoms with E-state index in [9.17, 15) is 4.79 Å². The fraction of sp³-hybridized carbons (Fsp3) is 0.333. The zero-order valence-corrected chi connectivity index (χ0v) is 11.4. The van der Waals surface area contributed by atoms with Gasteiger partial charge in [0.1, 0.15) is 5.75 Å². The van der Waals surface area contributed by atoms with Crippen molar-refractivity contribution >= 4 is 16.8 Å². The summed E-state index contributed by atoms with van der Waals surface area (Å²) in [7, 11) is 0. The molecular formula is C15H18N2O2. The van der Waals surface area contributed by atoms with Gasteiger partial charge in [-0.15, -0.1) is 0 Å². The SMILES string of the molecule is CC(C)(C)NC(=O)COc1ccc2ncccc2c1. The van der Waals surface area contributed by atoms with E-state index < -0.39 is 0 Å². The van der Waals surface area contributed by atoms with Crippen LogP contribution < -0.4 is 10.1 Å². The maximum Gasteiger partial charge on any atom is 0.258 e. The molecule has 4 nitrogen and oxygen atoms in total. The first kappa shape index (κ1) is 13.3. The predicted molar refractivity (Wildman–Crippen MR) is 75.1 cm³/mol. The maximum atomic E-state index is 11.6. The molecule has 100 valence electrons. The molecule has 0 aliphatic carbocycles. The van der Waals surface area contributed by atoms with Crippen LogP contribution >= 0.6 is 0 Å². The number of amides is 1. The number of aromatic nitrogens is 1.